The van der Waals surface area contributed by atoms with Gasteiger partial charge in [0.25, 0.3) is 0 Å². The van der Waals surface area contributed by atoms with E-state index in [4.69, 9.17) is 17.3 Å². The Balaban J connectivity index is 2.18. The summed E-state index contributed by atoms with van der Waals surface area (Å²) in [6, 6.07) is 15.7. The lowest BCUT2D eigenvalue weighted by molar-refractivity contribution is 1.03. The molecule has 3 rings (SSSR count). The van der Waals surface area contributed by atoms with Crippen LogP contribution in [-0.2, 0) is 0 Å². The average molecular weight is 298 g/mol. The van der Waals surface area contributed by atoms with E-state index >= 15 is 0 Å². The molecule has 21 heavy (non-hydrogen) atoms. The molecule has 1 aromatic heterocycles. The van der Waals surface area contributed by atoms with Crippen LogP contribution >= 0.6 is 11.6 Å². The van der Waals surface area contributed by atoms with Crippen LogP contribution in [0.2, 0.25) is 5.02 Å². The fourth-order valence-electron chi connectivity index (χ4n) is 2.53. The maximum Gasteiger partial charge on any atom is 0.0722 e. The first kappa shape index (κ1) is 13.7. The van der Waals surface area contributed by atoms with Gasteiger partial charge in [-0.1, -0.05) is 29.8 Å². The number of hydrogen-bond donors (Lipinski definition) is 1. The molecule has 0 saturated heterocycles. The highest BCUT2D eigenvalue weighted by Gasteiger charge is 2.14. The largest absolute Gasteiger partial charge is 0.399 e. The number of aromatic nitrogens is 1. The van der Waals surface area contributed by atoms with Crippen molar-refractivity contribution in [3.8, 4) is 0 Å². The molecule has 3 nitrogen and oxygen atoms in total. The topological polar surface area (TPSA) is 42.1 Å². The molecule has 0 saturated carbocycles. The summed E-state index contributed by atoms with van der Waals surface area (Å²) in [7, 11) is 0. The van der Waals surface area contributed by atoms with Gasteiger partial charge in [-0.15, -0.1) is 0 Å². The number of nitrogens with two attached hydrogens (primary N) is 1. The number of halogens is 1. The van der Waals surface area contributed by atoms with Crippen LogP contribution in [0.15, 0.2) is 54.7 Å². The number of para-hydroxylation sites is 1. The Hall–Kier alpha value is -2.26. The summed E-state index contributed by atoms with van der Waals surface area (Å²) >= 11 is 6.37. The van der Waals surface area contributed by atoms with E-state index in [2.05, 4.69) is 22.9 Å². The molecule has 0 radical (unpaired) electrons. The van der Waals surface area contributed by atoms with Crippen molar-refractivity contribution < 1.29 is 0 Å². The van der Waals surface area contributed by atoms with Crippen LogP contribution in [0.1, 0.15) is 6.92 Å². The van der Waals surface area contributed by atoms with Gasteiger partial charge in [-0.3, -0.25) is 4.98 Å². The third-order valence-electron chi connectivity index (χ3n) is 3.50. The molecule has 0 unspecified atom stereocenters. The number of fused-ring (bicyclic) bond motifs is 1. The number of pyridine rings is 1. The average Bonchev–Trinajstić information content (AvgIpc) is 2.50. The highest BCUT2D eigenvalue weighted by atomic mass is 35.5. The second-order valence-electron chi connectivity index (χ2n) is 4.80. The quantitative estimate of drug-likeness (QED) is 0.717. The fourth-order valence-corrected chi connectivity index (χ4v) is 2.82. The zero-order chi connectivity index (χ0) is 14.8. The standard InChI is InChI=1S/C17H16ClN3/c1-2-21(17-8-7-12(19)11-14(17)18)16-9-10-20-15-6-4-3-5-13(15)16/h3-11H,2,19H2,1H3. The zero-order valence-electron chi connectivity index (χ0n) is 11.8. The Morgan fingerprint density at radius 1 is 1.10 bits per heavy atom. The molecule has 0 bridgehead atoms. The van der Waals surface area contributed by atoms with Gasteiger partial charge < -0.3 is 10.6 Å². The lowest BCUT2D eigenvalue weighted by Gasteiger charge is -2.25. The molecule has 0 aliphatic carbocycles. The molecule has 0 aliphatic rings. The lowest BCUT2D eigenvalue weighted by atomic mass is 10.1. The summed E-state index contributed by atoms with van der Waals surface area (Å²) in [6.45, 7) is 2.90. The van der Waals surface area contributed by atoms with E-state index in [0.29, 0.717) is 10.7 Å². The minimum absolute atomic E-state index is 0.651. The molecule has 106 valence electrons. The summed E-state index contributed by atoms with van der Waals surface area (Å²) in [4.78, 5) is 6.58. The molecule has 3 aromatic rings. The van der Waals surface area contributed by atoms with Crippen LogP contribution < -0.4 is 10.6 Å². The van der Waals surface area contributed by atoms with Gasteiger partial charge in [-0.05, 0) is 37.3 Å². The van der Waals surface area contributed by atoms with E-state index in [0.717, 1.165) is 28.8 Å². The summed E-state index contributed by atoms with van der Waals surface area (Å²) in [5.41, 5.74) is 9.46. The smallest absolute Gasteiger partial charge is 0.0722 e. The van der Waals surface area contributed by atoms with Crippen LogP contribution in [0.25, 0.3) is 10.9 Å². The second-order valence-corrected chi connectivity index (χ2v) is 5.21. The molecular formula is C17H16ClN3. The van der Waals surface area contributed by atoms with Crippen LogP contribution in [0, 0.1) is 0 Å². The molecule has 0 amide bonds. The van der Waals surface area contributed by atoms with Gasteiger partial charge in [0, 0.05) is 23.8 Å². The van der Waals surface area contributed by atoms with Crippen molar-refractivity contribution in [3.05, 3.63) is 59.8 Å². The highest BCUT2D eigenvalue weighted by Crippen LogP contribution is 2.36. The minimum Gasteiger partial charge on any atom is -0.399 e. The van der Waals surface area contributed by atoms with Gasteiger partial charge in [0.05, 0.1) is 21.9 Å². The SMILES string of the molecule is CCN(c1ccc(N)cc1Cl)c1ccnc2ccccc12. The molecule has 0 spiro atoms. The molecule has 0 atom stereocenters. The Kier molecular flexibility index (Phi) is 3.67. The van der Waals surface area contributed by atoms with Crippen molar-refractivity contribution >= 4 is 39.6 Å². The highest BCUT2D eigenvalue weighted by molar-refractivity contribution is 6.33. The zero-order valence-corrected chi connectivity index (χ0v) is 12.5. The second kappa shape index (κ2) is 5.62. The van der Waals surface area contributed by atoms with Gasteiger partial charge in [0.2, 0.25) is 0 Å². The molecule has 1 heterocycles. The first-order chi connectivity index (χ1) is 10.2. The Morgan fingerprint density at radius 2 is 1.90 bits per heavy atom. The van der Waals surface area contributed by atoms with Gasteiger partial charge >= 0.3 is 0 Å². The van der Waals surface area contributed by atoms with Crippen molar-refractivity contribution in [1.82, 2.24) is 4.98 Å². The van der Waals surface area contributed by atoms with E-state index in [1.165, 1.54) is 0 Å². The van der Waals surface area contributed by atoms with Gasteiger partial charge in [-0.2, -0.15) is 0 Å². The number of hydrogen-bond acceptors (Lipinski definition) is 3. The van der Waals surface area contributed by atoms with Crippen LogP contribution in [-0.4, -0.2) is 11.5 Å². The van der Waals surface area contributed by atoms with E-state index in [-0.39, 0.29) is 0 Å². The number of benzene rings is 2. The monoisotopic (exact) mass is 297 g/mol. The summed E-state index contributed by atoms with van der Waals surface area (Å²) < 4.78 is 0. The lowest BCUT2D eigenvalue weighted by Crippen LogP contribution is -2.17. The van der Waals surface area contributed by atoms with E-state index in [1.807, 2.05) is 42.6 Å². The van der Waals surface area contributed by atoms with Crippen LogP contribution in [0.3, 0.4) is 0 Å². The van der Waals surface area contributed by atoms with Crippen LogP contribution in [0.4, 0.5) is 17.1 Å². The van der Waals surface area contributed by atoms with Gasteiger partial charge in [-0.25, -0.2) is 0 Å². The predicted octanol–water partition coefficient (Wildman–Crippen LogP) is 4.63. The molecule has 0 aliphatic heterocycles. The van der Waals surface area contributed by atoms with Crippen LogP contribution in [0.5, 0.6) is 0 Å². The van der Waals surface area contributed by atoms with Crippen molar-refractivity contribution in [1.29, 1.82) is 0 Å². The number of nitrogens with zero attached hydrogens (tertiary/aromatic N) is 2. The Morgan fingerprint density at radius 3 is 2.67 bits per heavy atom. The summed E-state index contributed by atoms with van der Waals surface area (Å²) in [6.07, 6.45) is 1.82. The Bertz CT molecular complexity index is 781. The first-order valence-electron chi connectivity index (χ1n) is 6.87. The summed E-state index contributed by atoms with van der Waals surface area (Å²) in [5.74, 6) is 0. The molecular weight excluding hydrogens is 282 g/mol. The normalized spacial score (nSPS) is 10.8. The summed E-state index contributed by atoms with van der Waals surface area (Å²) in [5, 5.41) is 1.76. The van der Waals surface area contributed by atoms with E-state index < -0.39 is 0 Å². The van der Waals surface area contributed by atoms with Crippen molar-refractivity contribution in [3.63, 3.8) is 0 Å². The maximum atomic E-state index is 6.37. The first-order valence-corrected chi connectivity index (χ1v) is 7.25. The molecule has 2 aromatic carbocycles. The number of nitrogen functional groups attached to an aromatic ring is 1. The predicted molar refractivity (Wildman–Crippen MR) is 90.3 cm³/mol. The molecule has 2 N–H and O–H groups in total. The van der Waals surface area contributed by atoms with Gasteiger partial charge in [0.1, 0.15) is 0 Å². The third kappa shape index (κ3) is 2.52. The van der Waals surface area contributed by atoms with E-state index in [1.54, 1.807) is 6.07 Å². The van der Waals surface area contributed by atoms with E-state index in [9.17, 15) is 0 Å². The molecule has 0 fully saturated rings. The maximum absolute atomic E-state index is 6.37. The number of anilines is 3. The Labute approximate surface area is 129 Å². The van der Waals surface area contributed by atoms with Gasteiger partial charge in [0.15, 0.2) is 0 Å². The van der Waals surface area contributed by atoms with Crippen molar-refractivity contribution in [2.45, 2.75) is 6.92 Å². The minimum atomic E-state index is 0.651. The number of rotatable bonds is 3. The van der Waals surface area contributed by atoms with Crippen molar-refractivity contribution in [2.24, 2.45) is 0 Å². The third-order valence-corrected chi connectivity index (χ3v) is 3.80. The van der Waals surface area contributed by atoms with Crippen molar-refractivity contribution in [2.75, 3.05) is 17.2 Å². The fraction of sp³-hybridized carbons (Fsp3) is 0.118. The molecule has 4 heteroatoms.